The molecular weight excluding hydrogens is 495 g/mol. The van der Waals surface area contributed by atoms with Gasteiger partial charge in [0.15, 0.2) is 5.65 Å². The fourth-order valence-electron chi connectivity index (χ4n) is 4.09. The van der Waals surface area contributed by atoms with Crippen molar-refractivity contribution in [3.63, 3.8) is 0 Å². The van der Waals surface area contributed by atoms with Crippen LogP contribution in [0.2, 0.25) is 5.02 Å². The zero-order valence-electron chi connectivity index (χ0n) is 20.5. The quantitative estimate of drug-likeness (QED) is 0.285. The van der Waals surface area contributed by atoms with Gasteiger partial charge in [0.1, 0.15) is 13.7 Å². The van der Waals surface area contributed by atoms with E-state index in [1.807, 2.05) is 60.7 Å². The van der Waals surface area contributed by atoms with Crippen LogP contribution in [-0.2, 0) is 6.54 Å². The van der Waals surface area contributed by atoms with Crippen molar-refractivity contribution >= 4 is 48.0 Å². The van der Waals surface area contributed by atoms with Gasteiger partial charge in [-0.05, 0) is 53.8 Å². The molecule has 2 radical (unpaired) electrons. The SMILES string of the molecule is [B]c1cnn2c(NCc3cccc(NC(=O)c4cccc(C(C)C#N)c4)c3)cc(-c3ccccc3Cl)nc12. The fraction of sp³-hybridized carbons (Fsp3) is 0.103. The van der Waals surface area contributed by atoms with E-state index >= 15 is 0 Å². The predicted octanol–water partition coefficient (Wildman–Crippen LogP) is 5.33. The average molecular weight is 517 g/mol. The Labute approximate surface area is 226 Å². The molecule has 0 aliphatic carbocycles. The molecule has 1 unspecified atom stereocenters. The molecule has 9 heteroatoms. The third-order valence-electron chi connectivity index (χ3n) is 6.15. The Balaban J connectivity index is 1.36. The highest BCUT2D eigenvalue weighted by molar-refractivity contribution is 6.36. The first kappa shape index (κ1) is 25.1. The number of nitriles is 1. The molecule has 0 spiro atoms. The topological polar surface area (TPSA) is 95.1 Å². The molecule has 2 aromatic heterocycles. The lowest BCUT2D eigenvalue weighted by Crippen LogP contribution is -2.13. The van der Waals surface area contributed by atoms with Crippen LogP contribution in [-0.4, -0.2) is 28.4 Å². The highest BCUT2D eigenvalue weighted by Gasteiger charge is 2.13. The summed E-state index contributed by atoms with van der Waals surface area (Å²) in [7, 11) is 6.12. The lowest BCUT2D eigenvalue weighted by molar-refractivity contribution is 0.102. The molecule has 2 heterocycles. The molecule has 2 N–H and O–H groups in total. The van der Waals surface area contributed by atoms with E-state index in [1.54, 1.807) is 35.8 Å². The van der Waals surface area contributed by atoms with E-state index in [0.717, 1.165) is 16.7 Å². The van der Waals surface area contributed by atoms with Gasteiger partial charge < -0.3 is 10.6 Å². The number of benzene rings is 3. The van der Waals surface area contributed by atoms with Gasteiger partial charge >= 0.3 is 0 Å². The molecule has 7 nitrogen and oxygen atoms in total. The number of carbonyl (C=O) groups is 1. The van der Waals surface area contributed by atoms with Crippen LogP contribution in [0, 0.1) is 11.3 Å². The molecule has 184 valence electrons. The summed E-state index contributed by atoms with van der Waals surface area (Å²) >= 11 is 6.42. The summed E-state index contributed by atoms with van der Waals surface area (Å²) in [5.74, 6) is 0.161. The second kappa shape index (κ2) is 10.8. The van der Waals surface area contributed by atoms with Crippen LogP contribution in [0.25, 0.3) is 16.9 Å². The van der Waals surface area contributed by atoms with Crippen molar-refractivity contribution < 1.29 is 4.79 Å². The maximum atomic E-state index is 12.9. The monoisotopic (exact) mass is 516 g/mol. The van der Waals surface area contributed by atoms with Gasteiger partial charge in [0.25, 0.3) is 5.91 Å². The van der Waals surface area contributed by atoms with Crippen molar-refractivity contribution in [2.45, 2.75) is 19.4 Å². The number of rotatable bonds is 7. The van der Waals surface area contributed by atoms with E-state index < -0.39 is 0 Å². The Morgan fingerprint density at radius 1 is 1.11 bits per heavy atom. The normalized spacial score (nSPS) is 11.6. The van der Waals surface area contributed by atoms with E-state index in [1.165, 1.54) is 0 Å². The predicted molar refractivity (Wildman–Crippen MR) is 151 cm³/mol. The van der Waals surface area contributed by atoms with Gasteiger partial charge in [0, 0.05) is 40.6 Å². The first-order chi connectivity index (χ1) is 18.4. The van der Waals surface area contributed by atoms with Gasteiger partial charge in [-0.1, -0.05) is 54.1 Å². The number of nitrogens with zero attached hydrogens (tertiary/aromatic N) is 4. The lowest BCUT2D eigenvalue weighted by atomic mass is 10.0. The van der Waals surface area contributed by atoms with Crippen LogP contribution in [0.5, 0.6) is 0 Å². The van der Waals surface area contributed by atoms with Crippen LogP contribution in [0.1, 0.15) is 34.3 Å². The van der Waals surface area contributed by atoms with E-state index in [9.17, 15) is 10.1 Å². The van der Waals surface area contributed by atoms with Crippen molar-refractivity contribution in [1.82, 2.24) is 14.6 Å². The molecule has 1 amide bonds. The Bertz CT molecular complexity index is 1690. The standard InChI is InChI=1S/C29H22BClN6O/c1-18(15-32)20-7-5-8-21(13-20)29(38)35-22-9-4-6-19(12-22)16-33-27-14-26(23-10-2-3-11-25(23)31)36-28-24(30)17-34-37(27)28/h2-14,17-18,33H,16H2,1H3,(H,35,38). The van der Waals surface area contributed by atoms with Crippen LogP contribution in [0.15, 0.2) is 85.1 Å². The van der Waals surface area contributed by atoms with Gasteiger partial charge in [-0.15, -0.1) is 0 Å². The molecular formula is C29H22BClN6O. The number of halogens is 1. The molecule has 1 atom stereocenters. The van der Waals surface area contributed by atoms with E-state index in [0.29, 0.717) is 45.4 Å². The molecule has 0 aliphatic heterocycles. The van der Waals surface area contributed by atoms with Gasteiger partial charge in [-0.3, -0.25) is 4.79 Å². The minimum atomic E-state index is -0.291. The summed E-state index contributed by atoms with van der Waals surface area (Å²) in [4.78, 5) is 17.5. The summed E-state index contributed by atoms with van der Waals surface area (Å²) in [6.45, 7) is 2.26. The number of aromatic nitrogens is 3. The summed E-state index contributed by atoms with van der Waals surface area (Å²) in [5, 5.41) is 20.5. The number of amides is 1. The van der Waals surface area contributed by atoms with Gasteiger partial charge in [0.05, 0.1) is 17.7 Å². The van der Waals surface area contributed by atoms with E-state index in [2.05, 4.69) is 26.8 Å². The molecule has 0 bridgehead atoms. The van der Waals surface area contributed by atoms with Crippen molar-refractivity contribution in [3.8, 4) is 17.3 Å². The second-order valence-electron chi connectivity index (χ2n) is 8.83. The Morgan fingerprint density at radius 3 is 2.74 bits per heavy atom. The first-order valence-corrected chi connectivity index (χ1v) is 12.3. The maximum absolute atomic E-state index is 12.9. The summed E-state index contributed by atoms with van der Waals surface area (Å²) in [6, 6.07) is 26.2. The third-order valence-corrected chi connectivity index (χ3v) is 6.48. The highest BCUT2D eigenvalue weighted by atomic mass is 35.5. The summed E-state index contributed by atoms with van der Waals surface area (Å²) in [5.41, 5.74) is 5.35. The van der Waals surface area contributed by atoms with Gasteiger partial charge in [0.2, 0.25) is 0 Å². The minimum absolute atomic E-state index is 0.241. The third kappa shape index (κ3) is 5.24. The Kier molecular flexibility index (Phi) is 7.12. The zero-order chi connectivity index (χ0) is 26.6. The molecule has 5 aromatic rings. The van der Waals surface area contributed by atoms with Crippen LogP contribution >= 0.6 is 11.6 Å². The Hall–Kier alpha value is -4.61. The molecule has 0 saturated carbocycles. The van der Waals surface area contributed by atoms with Crippen molar-refractivity contribution in [2.24, 2.45) is 0 Å². The number of carbonyl (C=O) groups excluding carboxylic acids is 1. The lowest BCUT2D eigenvalue weighted by Gasteiger charge is -2.13. The van der Waals surface area contributed by atoms with Gasteiger partial charge in [-0.2, -0.15) is 14.9 Å². The highest BCUT2D eigenvalue weighted by Crippen LogP contribution is 2.28. The molecule has 38 heavy (non-hydrogen) atoms. The van der Waals surface area contributed by atoms with E-state index in [-0.39, 0.29) is 11.8 Å². The maximum Gasteiger partial charge on any atom is 0.255 e. The fourth-order valence-corrected chi connectivity index (χ4v) is 4.32. The smallest absolute Gasteiger partial charge is 0.255 e. The van der Waals surface area contributed by atoms with Crippen molar-refractivity contribution in [2.75, 3.05) is 10.6 Å². The molecule has 3 aromatic carbocycles. The molecule has 0 aliphatic rings. The van der Waals surface area contributed by atoms with Crippen molar-refractivity contribution in [3.05, 3.63) is 107 Å². The average Bonchev–Trinajstić information content (AvgIpc) is 3.32. The van der Waals surface area contributed by atoms with Crippen LogP contribution in [0.4, 0.5) is 11.5 Å². The van der Waals surface area contributed by atoms with Crippen LogP contribution < -0.4 is 16.1 Å². The van der Waals surface area contributed by atoms with Gasteiger partial charge in [-0.25, -0.2) is 4.98 Å². The minimum Gasteiger partial charge on any atom is -0.366 e. The number of nitrogens with one attached hydrogen (secondary N) is 2. The molecule has 5 rings (SSSR count). The summed E-state index contributed by atoms with van der Waals surface area (Å²) < 4.78 is 1.65. The van der Waals surface area contributed by atoms with E-state index in [4.69, 9.17) is 19.4 Å². The second-order valence-corrected chi connectivity index (χ2v) is 9.23. The molecule has 0 fully saturated rings. The number of fused-ring (bicyclic) bond motifs is 1. The van der Waals surface area contributed by atoms with Crippen molar-refractivity contribution in [1.29, 1.82) is 5.26 Å². The first-order valence-electron chi connectivity index (χ1n) is 12.0. The largest absolute Gasteiger partial charge is 0.366 e. The number of hydrogen-bond acceptors (Lipinski definition) is 5. The Morgan fingerprint density at radius 2 is 1.92 bits per heavy atom. The number of hydrogen-bond donors (Lipinski definition) is 2. The number of anilines is 2. The zero-order valence-corrected chi connectivity index (χ0v) is 21.3. The molecule has 0 saturated heterocycles. The summed E-state index contributed by atoms with van der Waals surface area (Å²) in [6.07, 6.45) is 1.56. The van der Waals surface area contributed by atoms with Crippen LogP contribution in [0.3, 0.4) is 0 Å².